The van der Waals surface area contributed by atoms with Gasteiger partial charge >= 0.3 is 0 Å². The molecule has 0 unspecified atom stereocenters. The molecule has 1 heterocycles. The second-order valence-corrected chi connectivity index (χ2v) is 4.43. The molecule has 0 saturated heterocycles. The Morgan fingerprint density at radius 3 is 3.12 bits per heavy atom. The monoisotopic (exact) mass is 249 g/mol. The Morgan fingerprint density at radius 2 is 2.41 bits per heavy atom. The van der Waals surface area contributed by atoms with E-state index in [1.165, 1.54) is 6.07 Å². The summed E-state index contributed by atoms with van der Waals surface area (Å²) in [7, 11) is 0. The van der Waals surface area contributed by atoms with Crippen LogP contribution in [0.5, 0.6) is 0 Å². The highest BCUT2D eigenvalue weighted by Gasteiger charge is 2.09. The lowest BCUT2D eigenvalue weighted by Crippen LogP contribution is -1.97. The number of nitro benzene ring substituents is 1. The zero-order chi connectivity index (χ0) is 12.3. The molecule has 0 saturated carbocycles. The van der Waals surface area contributed by atoms with Crippen LogP contribution in [0.2, 0.25) is 0 Å². The van der Waals surface area contributed by atoms with Gasteiger partial charge in [0.25, 0.3) is 5.69 Å². The summed E-state index contributed by atoms with van der Waals surface area (Å²) in [6.07, 6.45) is 3.53. The van der Waals surface area contributed by atoms with Gasteiger partial charge in [-0.1, -0.05) is 6.08 Å². The van der Waals surface area contributed by atoms with E-state index in [9.17, 15) is 10.1 Å². The van der Waals surface area contributed by atoms with E-state index in [0.29, 0.717) is 5.88 Å². The molecule has 5 nitrogen and oxygen atoms in total. The van der Waals surface area contributed by atoms with Crippen LogP contribution in [0.25, 0.3) is 10.9 Å². The van der Waals surface area contributed by atoms with E-state index in [1.807, 2.05) is 6.08 Å². The van der Waals surface area contributed by atoms with Crippen LogP contribution in [0.3, 0.4) is 0 Å². The smallest absolute Gasteiger partial charge is 0.258 e. The summed E-state index contributed by atoms with van der Waals surface area (Å²) in [5, 5.41) is 15.8. The van der Waals surface area contributed by atoms with E-state index in [-0.39, 0.29) is 5.69 Å². The summed E-state index contributed by atoms with van der Waals surface area (Å²) >= 11 is 1.65. The van der Waals surface area contributed by atoms with E-state index in [4.69, 9.17) is 0 Å². The second-order valence-electron chi connectivity index (χ2n) is 3.43. The van der Waals surface area contributed by atoms with Crippen molar-refractivity contribution in [3.8, 4) is 0 Å². The van der Waals surface area contributed by atoms with E-state index < -0.39 is 4.92 Å². The lowest BCUT2D eigenvalue weighted by Gasteiger charge is -2.01. The van der Waals surface area contributed by atoms with Crippen molar-refractivity contribution in [3.05, 3.63) is 47.2 Å². The fraction of sp³-hybridized carbons (Fsp3) is 0.182. The molecule has 1 aromatic heterocycles. The molecule has 0 bridgehead atoms. The Labute approximate surface area is 102 Å². The SMILES string of the molecule is C=CCSCn1ncc2ccc([N+](=O)[O-])cc21. The summed E-state index contributed by atoms with van der Waals surface area (Å²) in [6, 6.07) is 4.76. The maximum Gasteiger partial charge on any atom is 0.271 e. The summed E-state index contributed by atoms with van der Waals surface area (Å²) < 4.78 is 1.76. The van der Waals surface area contributed by atoms with Crippen molar-refractivity contribution in [1.29, 1.82) is 0 Å². The highest BCUT2D eigenvalue weighted by Crippen LogP contribution is 2.21. The van der Waals surface area contributed by atoms with Gasteiger partial charge in [0, 0.05) is 23.3 Å². The molecule has 0 fully saturated rings. The Bertz CT molecular complexity index is 565. The lowest BCUT2D eigenvalue weighted by molar-refractivity contribution is -0.384. The number of rotatable bonds is 5. The Morgan fingerprint density at radius 1 is 1.59 bits per heavy atom. The predicted molar refractivity (Wildman–Crippen MR) is 69.0 cm³/mol. The third-order valence-electron chi connectivity index (χ3n) is 2.29. The van der Waals surface area contributed by atoms with Crippen molar-refractivity contribution in [3.63, 3.8) is 0 Å². The second kappa shape index (κ2) is 5.01. The van der Waals surface area contributed by atoms with Gasteiger partial charge in [0.2, 0.25) is 0 Å². The topological polar surface area (TPSA) is 61.0 Å². The first kappa shape index (κ1) is 11.7. The largest absolute Gasteiger partial charge is 0.271 e. The van der Waals surface area contributed by atoms with E-state index >= 15 is 0 Å². The molecule has 0 aliphatic heterocycles. The molecular weight excluding hydrogens is 238 g/mol. The van der Waals surface area contributed by atoms with Crippen molar-refractivity contribution in [2.45, 2.75) is 5.88 Å². The molecular formula is C11H11N3O2S. The van der Waals surface area contributed by atoms with Gasteiger partial charge in [0.05, 0.1) is 22.5 Å². The minimum atomic E-state index is -0.395. The van der Waals surface area contributed by atoms with Crippen LogP contribution in [0, 0.1) is 10.1 Å². The molecule has 88 valence electrons. The van der Waals surface area contributed by atoms with Gasteiger partial charge in [0.15, 0.2) is 0 Å². The van der Waals surface area contributed by atoms with Gasteiger partial charge in [-0.05, 0) is 6.07 Å². The molecule has 1 aromatic carbocycles. The van der Waals surface area contributed by atoms with Crippen LogP contribution >= 0.6 is 11.8 Å². The Hall–Kier alpha value is -1.82. The molecule has 2 rings (SSSR count). The fourth-order valence-electron chi connectivity index (χ4n) is 1.50. The van der Waals surface area contributed by atoms with Crippen LogP contribution in [-0.4, -0.2) is 20.5 Å². The van der Waals surface area contributed by atoms with Crippen molar-refractivity contribution in [2.75, 3.05) is 5.75 Å². The Balaban J connectivity index is 2.32. The number of hydrogen-bond acceptors (Lipinski definition) is 4. The number of thioether (sulfide) groups is 1. The molecule has 6 heteroatoms. The maximum atomic E-state index is 10.7. The fourth-order valence-corrected chi connectivity index (χ4v) is 2.15. The average molecular weight is 249 g/mol. The van der Waals surface area contributed by atoms with Gasteiger partial charge in [-0.3, -0.25) is 14.8 Å². The van der Waals surface area contributed by atoms with Crippen LogP contribution in [-0.2, 0) is 5.88 Å². The highest BCUT2D eigenvalue weighted by atomic mass is 32.2. The van der Waals surface area contributed by atoms with Crippen LogP contribution in [0.4, 0.5) is 5.69 Å². The van der Waals surface area contributed by atoms with Crippen LogP contribution in [0.15, 0.2) is 37.1 Å². The minimum Gasteiger partial charge on any atom is -0.258 e. The lowest BCUT2D eigenvalue weighted by atomic mass is 10.2. The summed E-state index contributed by atoms with van der Waals surface area (Å²) in [6.45, 7) is 3.64. The molecule has 0 aliphatic rings. The molecule has 0 radical (unpaired) electrons. The molecule has 2 aromatic rings. The molecule has 0 N–H and O–H groups in total. The number of nitrogens with zero attached hydrogens (tertiary/aromatic N) is 3. The maximum absolute atomic E-state index is 10.7. The number of non-ortho nitro benzene ring substituents is 1. The first-order valence-electron chi connectivity index (χ1n) is 5.01. The molecule has 0 amide bonds. The number of benzene rings is 1. The third-order valence-corrected chi connectivity index (χ3v) is 3.19. The van der Waals surface area contributed by atoms with Gasteiger partial charge in [-0.2, -0.15) is 5.10 Å². The first-order valence-corrected chi connectivity index (χ1v) is 6.16. The minimum absolute atomic E-state index is 0.0907. The van der Waals surface area contributed by atoms with Crippen molar-refractivity contribution in [2.24, 2.45) is 0 Å². The van der Waals surface area contributed by atoms with Crippen LogP contribution < -0.4 is 0 Å². The van der Waals surface area contributed by atoms with E-state index in [0.717, 1.165) is 16.7 Å². The van der Waals surface area contributed by atoms with Crippen molar-refractivity contribution < 1.29 is 4.92 Å². The predicted octanol–water partition coefficient (Wildman–Crippen LogP) is 2.82. The van der Waals surface area contributed by atoms with Gasteiger partial charge < -0.3 is 0 Å². The third kappa shape index (κ3) is 2.47. The standard InChI is InChI=1S/C11H11N3O2S/c1-2-5-17-8-13-11-6-10(14(15)16)4-3-9(11)7-12-13/h2-4,6-7H,1,5,8H2. The summed E-state index contributed by atoms with van der Waals surface area (Å²) in [5.74, 6) is 1.49. The van der Waals surface area contributed by atoms with Crippen LogP contribution in [0.1, 0.15) is 0 Å². The Kier molecular flexibility index (Phi) is 3.43. The zero-order valence-corrected chi connectivity index (χ0v) is 9.89. The highest BCUT2D eigenvalue weighted by molar-refractivity contribution is 7.98. The molecule has 0 atom stereocenters. The van der Waals surface area contributed by atoms with E-state index in [1.54, 1.807) is 34.8 Å². The number of hydrogen-bond donors (Lipinski definition) is 0. The van der Waals surface area contributed by atoms with Gasteiger partial charge in [-0.15, -0.1) is 18.3 Å². The van der Waals surface area contributed by atoms with Gasteiger partial charge in [-0.25, -0.2) is 0 Å². The molecule has 17 heavy (non-hydrogen) atoms. The number of aromatic nitrogens is 2. The van der Waals surface area contributed by atoms with Gasteiger partial charge in [0.1, 0.15) is 0 Å². The normalized spacial score (nSPS) is 10.6. The number of fused-ring (bicyclic) bond motifs is 1. The molecule has 0 spiro atoms. The van der Waals surface area contributed by atoms with Crippen molar-refractivity contribution in [1.82, 2.24) is 9.78 Å². The number of nitro groups is 1. The molecule has 0 aliphatic carbocycles. The quantitative estimate of drug-likeness (QED) is 0.354. The summed E-state index contributed by atoms with van der Waals surface area (Å²) in [5.41, 5.74) is 0.878. The average Bonchev–Trinajstić information content (AvgIpc) is 2.72. The summed E-state index contributed by atoms with van der Waals surface area (Å²) in [4.78, 5) is 10.3. The zero-order valence-electron chi connectivity index (χ0n) is 9.07. The van der Waals surface area contributed by atoms with E-state index in [2.05, 4.69) is 11.7 Å². The van der Waals surface area contributed by atoms with Crippen molar-refractivity contribution >= 4 is 28.4 Å². The first-order chi connectivity index (χ1) is 8.22.